The fourth-order valence-corrected chi connectivity index (χ4v) is 1.58. The zero-order chi connectivity index (χ0) is 15.3. The fourth-order valence-electron chi connectivity index (χ4n) is 1.58. The number of nitro groups is 1. The van der Waals surface area contributed by atoms with Crippen molar-refractivity contribution in [3.8, 4) is 0 Å². The lowest BCUT2D eigenvalue weighted by Gasteiger charge is -2.16. The van der Waals surface area contributed by atoms with Gasteiger partial charge in [0.2, 0.25) is 5.91 Å². The van der Waals surface area contributed by atoms with E-state index in [2.05, 4.69) is 10.6 Å². The Morgan fingerprint density at radius 1 is 1.40 bits per heavy atom. The van der Waals surface area contributed by atoms with E-state index >= 15 is 0 Å². The highest BCUT2D eigenvalue weighted by Gasteiger charge is 2.15. The van der Waals surface area contributed by atoms with E-state index in [1.54, 1.807) is 6.92 Å². The fraction of sp³-hybridized carbons (Fsp3) is 0.462. The number of nitrogens with two attached hydrogens (primary N) is 1. The van der Waals surface area contributed by atoms with Crippen LogP contribution in [0.5, 0.6) is 0 Å². The van der Waals surface area contributed by atoms with Crippen molar-refractivity contribution < 1.29 is 9.72 Å². The summed E-state index contributed by atoms with van der Waals surface area (Å²) in [7, 11) is 0. The van der Waals surface area contributed by atoms with E-state index in [0.29, 0.717) is 18.2 Å². The smallest absolute Gasteiger partial charge is 0.292 e. The molecule has 1 aromatic rings. The van der Waals surface area contributed by atoms with Crippen LogP contribution in [0.15, 0.2) is 18.2 Å². The zero-order valence-corrected chi connectivity index (χ0v) is 11.8. The third kappa shape index (κ3) is 4.42. The first-order chi connectivity index (χ1) is 9.31. The molecule has 7 heteroatoms. The van der Waals surface area contributed by atoms with Gasteiger partial charge in [0.15, 0.2) is 0 Å². The van der Waals surface area contributed by atoms with Crippen LogP contribution in [0.1, 0.15) is 20.8 Å². The van der Waals surface area contributed by atoms with E-state index in [1.165, 1.54) is 18.2 Å². The van der Waals surface area contributed by atoms with Crippen molar-refractivity contribution in [3.63, 3.8) is 0 Å². The summed E-state index contributed by atoms with van der Waals surface area (Å²) >= 11 is 0. The molecular formula is C13H20N4O3. The molecule has 1 rings (SSSR count). The molecule has 1 amide bonds. The number of nitrogen functional groups attached to an aromatic ring is 1. The second-order valence-electron chi connectivity index (χ2n) is 5.04. The van der Waals surface area contributed by atoms with Gasteiger partial charge in [-0.1, -0.05) is 13.8 Å². The third-order valence-corrected chi connectivity index (χ3v) is 2.69. The van der Waals surface area contributed by atoms with Crippen LogP contribution < -0.4 is 16.4 Å². The number of hydrogen-bond donors (Lipinski definition) is 3. The van der Waals surface area contributed by atoms with E-state index in [9.17, 15) is 14.9 Å². The Hall–Kier alpha value is -2.31. The van der Waals surface area contributed by atoms with Crippen LogP contribution in [-0.2, 0) is 4.79 Å². The van der Waals surface area contributed by atoms with Gasteiger partial charge >= 0.3 is 0 Å². The summed E-state index contributed by atoms with van der Waals surface area (Å²) in [4.78, 5) is 21.9. The number of nitrogens with one attached hydrogen (secondary N) is 2. The molecule has 0 heterocycles. The molecule has 0 aliphatic heterocycles. The summed E-state index contributed by atoms with van der Waals surface area (Å²) < 4.78 is 0. The lowest BCUT2D eigenvalue weighted by atomic mass is 10.2. The number of amides is 1. The van der Waals surface area contributed by atoms with Crippen LogP contribution in [0.4, 0.5) is 17.1 Å². The molecule has 0 aromatic heterocycles. The minimum Gasteiger partial charge on any atom is -0.393 e. The summed E-state index contributed by atoms with van der Waals surface area (Å²) in [6.45, 7) is 6.34. The molecule has 0 radical (unpaired) electrons. The lowest BCUT2D eigenvalue weighted by molar-refractivity contribution is -0.383. The highest BCUT2D eigenvalue weighted by atomic mass is 16.6. The van der Waals surface area contributed by atoms with Gasteiger partial charge in [-0.05, 0) is 25.0 Å². The summed E-state index contributed by atoms with van der Waals surface area (Å²) in [5.74, 6) is 0.247. The minimum absolute atomic E-state index is 0.0646. The van der Waals surface area contributed by atoms with Gasteiger partial charge in [0.05, 0.1) is 4.92 Å². The summed E-state index contributed by atoms with van der Waals surface area (Å²) in [5, 5.41) is 16.4. The molecule has 7 nitrogen and oxygen atoms in total. The van der Waals surface area contributed by atoms with Gasteiger partial charge in [-0.2, -0.15) is 0 Å². The Labute approximate surface area is 117 Å². The first-order valence-corrected chi connectivity index (χ1v) is 6.39. The highest BCUT2D eigenvalue weighted by molar-refractivity contribution is 5.84. The van der Waals surface area contributed by atoms with Crippen molar-refractivity contribution in [1.29, 1.82) is 0 Å². The average molecular weight is 280 g/mol. The molecular weight excluding hydrogens is 260 g/mol. The van der Waals surface area contributed by atoms with Gasteiger partial charge in [0.1, 0.15) is 11.7 Å². The van der Waals surface area contributed by atoms with Gasteiger partial charge in [0, 0.05) is 18.3 Å². The standard InChI is InChI=1S/C13H20N4O3/c1-8(2)7-15-13(18)9(3)16-10-4-5-12(17(19)20)11(14)6-10/h4-6,8-9,16H,7,14H2,1-3H3,(H,15,18). The number of nitrogens with zero attached hydrogens (tertiary/aromatic N) is 1. The van der Waals surface area contributed by atoms with Crippen molar-refractivity contribution in [1.82, 2.24) is 5.32 Å². The van der Waals surface area contributed by atoms with Crippen molar-refractivity contribution >= 4 is 23.0 Å². The predicted molar refractivity (Wildman–Crippen MR) is 78.4 cm³/mol. The Morgan fingerprint density at radius 2 is 2.05 bits per heavy atom. The van der Waals surface area contributed by atoms with E-state index < -0.39 is 11.0 Å². The SMILES string of the molecule is CC(C)CNC(=O)C(C)Nc1ccc([N+](=O)[O-])c(N)c1. The number of nitro benzene ring substituents is 1. The van der Waals surface area contributed by atoms with E-state index in [0.717, 1.165) is 0 Å². The quantitative estimate of drug-likeness (QED) is 0.417. The maximum atomic E-state index is 11.8. The third-order valence-electron chi connectivity index (χ3n) is 2.69. The summed E-state index contributed by atoms with van der Waals surface area (Å²) in [6.07, 6.45) is 0. The molecule has 0 aliphatic rings. The average Bonchev–Trinajstić information content (AvgIpc) is 2.35. The largest absolute Gasteiger partial charge is 0.393 e. The normalized spacial score (nSPS) is 12.0. The zero-order valence-electron chi connectivity index (χ0n) is 11.8. The predicted octanol–water partition coefficient (Wildman–Crippen LogP) is 1.75. The first-order valence-electron chi connectivity index (χ1n) is 6.39. The number of rotatable bonds is 6. The van der Waals surface area contributed by atoms with Crippen LogP contribution in [0.2, 0.25) is 0 Å². The highest BCUT2D eigenvalue weighted by Crippen LogP contribution is 2.24. The molecule has 0 aliphatic carbocycles. The molecule has 0 spiro atoms. The number of benzene rings is 1. The molecule has 1 unspecified atom stereocenters. The maximum absolute atomic E-state index is 11.8. The van der Waals surface area contributed by atoms with Crippen molar-refractivity contribution in [3.05, 3.63) is 28.3 Å². The number of carbonyl (C=O) groups excluding carboxylic acids is 1. The molecule has 110 valence electrons. The van der Waals surface area contributed by atoms with Gasteiger partial charge in [-0.15, -0.1) is 0 Å². The molecule has 0 bridgehead atoms. The summed E-state index contributed by atoms with van der Waals surface area (Å²) in [5.41, 5.74) is 6.08. The molecule has 0 saturated carbocycles. The molecule has 1 aromatic carbocycles. The van der Waals surface area contributed by atoms with Crippen molar-refractivity contribution in [2.45, 2.75) is 26.8 Å². The van der Waals surface area contributed by atoms with Gasteiger partial charge in [-0.25, -0.2) is 0 Å². The Balaban J connectivity index is 2.66. The Bertz CT molecular complexity index is 502. The monoisotopic (exact) mass is 280 g/mol. The van der Waals surface area contributed by atoms with E-state index in [-0.39, 0.29) is 17.3 Å². The molecule has 0 saturated heterocycles. The molecule has 1 atom stereocenters. The second kappa shape index (κ2) is 6.74. The Morgan fingerprint density at radius 3 is 2.55 bits per heavy atom. The van der Waals surface area contributed by atoms with Crippen LogP contribution in [0.25, 0.3) is 0 Å². The summed E-state index contributed by atoms with van der Waals surface area (Å²) in [6, 6.07) is 3.84. The molecule has 0 fully saturated rings. The topological polar surface area (TPSA) is 110 Å². The van der Waals surface area contributed by atoms with Crippen LogP contribution in [0, 0.1) is 16.0 Å². The lowest BCUT2D eigenvalue weighted by Crippen LogP contribution is -2.39. The number of carbonyl (C=O) groups is 1. The minimum atomic E-state index is -0.544. The molecule has 4 N–H and O–H groups in total. The first kappa shape index (κ1) is 15.7. The maximum Gasteiger partial charge on any atom is 0.292 e. The van der Waals surface area contributed by atoms with Gasteiger partial charge in [0.25, 0.3) is 5.69 Å². The second-order valence-corrected chi connectivity index (χ2v) is 5.04. The van der Waals surface area contributed by atoms with Crippen LogP contribution >= 0.6 is 0 Å². The van der Waals surface area contributed by atoms with Crippen LogP contribution in [0.3, 0.4) is 0 Å². The van der Waals surface area contributed by atoms with Gasteiger partial charge < -0.3 is 16.4 Å². The van der Waals surface area contributed by atoms with Gasteiger partial charge in [-0.3, -0.25) is 14.9 Å². The number of hydrogen-bond acceptors (Lipinski definition) is 5. The molecule has 20 heavy (non-hydrogen) atoms. The Kier molecular flexibility index (Phi) is 5.31. The van der Waals surface area contributed by atoms with Crippen molar-refractivity contribution in [2.75, 3.05) is 17.6 Å². The van der Waals surface area contributed by atoms with E-state index in [4.69, 9.17) is 5.73 Å². The van der Waals surface area contributed by atoms with Crippen LogP contribution in [-0.4, -0.2) is 23.4 Å². The van der Waals surface area contributed by atoms with E-state index in [1.807, 2.05) is 13.8 Å². The van der Waals surface area contributed by atoms with Crippen molar-refractivity contribution in [2.24, 2.45) is 5.92 Å². The number of anilines is 2.